The third-order valence-electron chi connectivity index (χ3n) is 4.25. The lowest BCUT2D eigenvalue weighted by atomic mass is 9.85. The van der Waals surface area contributed by atoms with E-state index in [1.807, 2.05) is 0 Å². The zero-order valence-electron chi connectivity index (χ0n) is 11.8. The zero-order valence-corrected chi connectivity index (χ0v) is 11.8. The van der Waals surface area contributed by atoms with Gasteiger partial charge < -0.3 is 10.2 Å². The number of likely N-dealkylation sites (tertiary alicyclic amines) is 1. The average Bonchev–Trinajstić information content (AvgIpc) is 2.67. The Hall–Kier alpha value is -0.990. The molecule has 9 heteroatoms. The maximum Gasteiger partial charge on any atom is 0.406 e. The van der Waals surface area contributed by atoms with E-state index in [9.17, 15) is 31.1 Å². The standard InChI is InChI=1S/C13H18F6N2O/c14-12(15,16)7-21-6-10(5-11(21)22)20-9-3-1-8(2-4-9)13(17,18)19/h8-10,20H,1-7H2/t8?,9?,10-/m0/s1. The Bertz CT molecular complexity index is 400. The summed E-state index contributed by atoms with van der Waals surface area (Å²) in [6.07, 6.45) is -7.95. The van der Waals surface area contributed by atoms with Crippen LogP contribution >= 0.6 is 0 Å². The first-order valence-corrected chi connectivity index (χ1v) is 7.22. The van der Waals surface area contributed by atoms with Gasteiger partial charge in [-0.25, -0.2) is 0 Å². The fraction of sp³-hybridized carbons (Fsp3) is 0.923. The normalized spacial score (nSPS) is 30.9. The van der Waals surface area contributed by atoms with Crippen molar-refractivity contribution in [3.63, 3.8) is 0 Å². The maximum atomic E-state index is 12.6. The Labute approximate surface area is 124 Å². The van der Waals surface area contributed by atoms with Gasteiger partial charge in [0.05, 0.1) is 5.92 Å². The molecule has 0 aromatic heterocycles. The van der Waals surface area contributed by atoms with E-state index in [-0.39, 0.29) is 31.8 Å². The van der Waals surface area contributed by atoms with E-state index in [1.165, 1.54) is 0 Å². The monoisotopic (exact) mass is 332 g/mol. The Morgan fingerprint density at radius 3 is 2.09 bits per heavy atom. The molecule has 1 N–H and O–H groups in total. The molecular weight excluding hydrogens is 314 g/mol. The summed E-state index contributed by atoms with van der Waals surface area (Å²) in [5.74, 6) is -1.86. The van der Waals surface area contributed by atoms with Crippen molar-refractivity contribution in [3.05, 3.63) is 0 Å². The van der Waals surface area contributed by atoms with E-state index in [0.717, 1.165) is 4.90 Å². The van der Waals surface area contributed by atoms with Crippen LogP contribution in [0.2, 0.25) is 0 Å². The fourth-order valence-electron chi connectivity index (χ4n) is 3.17. The highest BCUT2D eigenvalue weighted by Gasteiger charge is 2.43. The van der Waals surface area contributed by atoms with Gasteiger partial charge in [-0.1, -0.05) is 0 Å². The number of carbonyl (C=O) groups excluding carboxylic acids is 1. The Balaban J connectivity index is 1.78. The topological polar surface area (TPSA) is 32.3 Å². The van der Waals surface area contributed by atoms with E-state index in [4.69, 9.17) is 0 Å². The third-order valence-corrected chi connectivity index (χ3v) is 4.25. The minimum absolute atomic E-state index is 0.0219. The number of amides is 1. The number of halogens is 6. The average molecular weight is 332 g/mol. The summed E-state index contributed by atoms with van der Waals surface area (Å²) in [5, 5.41) is 3.04. The molecule has 0 unspecified atom stereocenters. The molecule has 1 aliphatic carbocycles. The summed E-state index contributed by atoms with van der Waals surface area (Å²) in [5.41, 5.74) is 0. The molecule has 1 saturated carbocycles. The second-order valence-electron chi connectivity index (χ2n) is 6.05. The van der Waals surface area contributed by atoms with Crippen molar-refractivity contribution in [3.8, 4) is 0 Å². The highest BCUT2D eigenvalue weighted by molar-refractivity contribution is 5.79. The lowest BCUT2D eigenvalue weighted by Crippen LogP contribution is -2.44. The summed E-state index contributed by atoms with van der Waals surface area (Å²) in [6.45, 7) is -1.32. The number of nitrogens with zero attached hydrogens (tertiary/aromatic N) is 1. The second-order valence-corrected chi connectivity index (χ2v) is 6.05. The largest absolute Gasteiger partial charge is 0.406 e. The molecule has 1 aliphatic heterocycles. The fourth-order valence-corrected chi connectivity index (χ4v) is 3.17. The quantitative estimate of drug-likeness (QED) is 0.806. The van der Waals surface area contributed by atoms with Crippen LogP contribution in [0.1, 0.15) is 32.1 Å². The van der Waals surface area contributed by atoms with Gasteiger partial charge in [0.1, 0.15) is 6.54 Å². The number of nitrogens with one attached hydrogen (secondary N) is 1. The summed E-state index contributed by atoms with van der Waals surface area (Å²) in [7, 11) is 0. The molecule has 1 saturated heterocycles. The SMILES string of the molecule is O=C1C[C@H](NC2CCC(C(F)(F)F)CC2)CN1CC(F)(F)F. The van der Waals surface area contributed by atoms with Crippen LogP contribution in [0.5, 0.6) is 0 Å². The molecular formula is C13H18F6N2O. The van der Waals surface area contributed by atoms with Crippen LogP contribution in [-0.2, 0) is 4.79 Å². The van der Waals surface area contributed by atoms with Crippen LogP contribution in [-0.4, -0.2) is 48.3 Å². The van der Waals surface area contributed by atoms with Gasteiger partial charge >= 0.3 is 12.4 Å². The third kappa shape index (κ3) is 4.76. The minimum atomic E-state index is -4.44. The minimum Gasteiger partial charge on any atom is -0.332 e. The first kappa shape index (κ1) is 17.4. The number of hydrogen-bond donors (Lipinski definition) is 1. The smallest absolute Gasteiger partial charge is 0.332 e. The molecule has 3 nitrogen and oxygen atoms in total. The molecule has 1 atom stereocenters. The number of carbonyl (C=O) groups is 1. The van der Waals surface area contributed by atoms with Crippen molar-refractivity contribution < 1.29 is 31.1 Å². The number of rotatable bonds is 3. The van der Waals surface area contributed by atoms with Gasteiger partial charge in [-0.05, 0) is 25.7 Å². The molecule has 22 heavy (non-hydrogen) atoms. The molecule has 0 bridgehead atoms. The van der Waals surface area contributed by atoms with Crippen LogP contribution in [0, 0.1) is 5.92 Å². The van der Waals surface area contributed by atoms with E-state index in [1.54, 1.807) is 0 Å². The lowest BCUT2D eigenvalue weighted by molar-refractivity contribution is -0.182. The molecule has 2 aliphatic rings. The van der Waals surface area contributed by atoms with E-state index in [2.05, 4.69) is 5.32 Å². The second kappa shape index (κ2) is 6.25. The summed E-state index contributed by atoms with van der Waals surface area (Å²) < 4.78 is 74.6. The van der Waals surface area contributed by atoms with Crippen LogP contribution in [0.3, 0.4) is 0 Å². The maximum absolute atomic E-state index is 12.6. The van der Waals surface area contributed by atoms with Crippen molar-refractivity contribution in [2.45, 2.75) is 56.5 Å². The predicted molar refractivity (Wildman–Crippen MR) is 66.0 cm³/mol. The van der Waals surface area contributed by atoms with E-state index in [0.29, 0.717) is 12.8 Å². The van der Waals surface area contributed by atoms with Gasteiger partial charge in [-0.15, -0.1) is 0 Å². The molecule has 1 heterocycles. The summed E-state index contributed by atoms with van der Waals surface area (Å²) >= 11 is 0. The van der Waals surface area contributed by atoms with Crippen molar-refractivity contribution >= 4 is 5.91 Å². The number of hydrogen-bond acceptors (Lipinski definition) is 2. The van der Waals surface area contributed by atoms with Crippen LogP contribution in [0.15, 0.2) is 0 Å². The molecule has 2 rings (SSSR count). The van der Waals surface area contributed by atoms with Crippen molar-refractivity contribution in [2.24, 2.45) is 5.92 Å². The predicted octanol–water partition coefficient (Wildman–Crippen LogP) is 2.86. The Morgan fingerprint density at radius 2 is 1.59 bits per heavy atom. The molecule has 0 aromatic rings. The van der Waals surface area contributed by atoms with Crippen molar-refractivity contribution in [1.82, 2.24) is 10.2 Å². The lowest BCUT2D eigenvalue weighted by Gasteiger charge is -2.32. The van der Waals surface area contributed by atoms with E-state index >= 15 is 0 Å². The van der Waals surface area contributed by atoms with Gasteiger partial charge in [0.15, 0.2) is 0 Å². The molecule has 128 valence electrons. The van der Waals surface area contributed by atoms with E-state index < -0.39 is 36.8 Å². The van der Waals surface area contributed by atoms with Gasteiger partial charge in [0, 0.05) is 25.0 Å². The first-order valence-electron chi connectivity index (χ1n) is 7.22. The molecule has 1 amide bonds. The van der Waals surface area contributed by atoms with Crippen LogP contribution in [0.4, 0.5) is 26.3 Å². The highest BCUT2D eigenvalue weighted by atomic mass is 19.4. The Kier molecular flexibility index (Phi) is 4.93. The van der Waals surface area contributed by atoms with Gasteiger partial charge in [0.2, 0.25) is 5.91 Å². The molecule has 0 radical (unpaired) electrons. The van der Waals surface area contributed by atoms with Gasteiger partial charge in [0.25, 0.3) is 0 Å². The van der Waals surface area contributed by atoms with Crippen LogP contribution < -0.4 is 5.32 Å². The highest BCUT2D eigenvalue weighted by Crippen LogP contribution is 2.37. The summed E-state index contributed by atoms with van der Waals surface area (Å²) in [4.78, 5) is 12.3. The molecule has 0 spiro atoms. The molecule has 0 aromatic carbocycles. The van der Waals surface area contributed by atoms with Gasteiger partial charge in [-0.2, -0.15) is 26.3 Å². The molecule has 2 fully saturated rings. The van der Waals surface area contributed by atoms with Crippen molar-refractivity contribution in [1.29, 1.82) is 0 Å². The number of alkyl halides is 6. The first-order chi connectivity index (χ1) is 10.0. The zero-order chi connectivity index (χ0) is 16.5. The summed E-state index contributed by atoms with van der Waals surface area (Å²) in [6, 6.07) is -0.579. The van der Waals surface area contributed by atoms with Gasteiger partial charge in [-0.3, -0.25) is 4.79 Å². The Morgan fingerprint density at radius 1 is 1.00 bits per heavy atom. The van der Waals surface area contributed by atoms with Crippen LogP contribution in [0.25, 0.3) is 0 Å². The van der Waals surface area contributed by atoms with Crippen molar-refractivity contribution in [2.75, 3.05) is 13.1 Å².